The van der Waals surface area contributed by atoms with Crippen LogP contribution >= 0.6 is 11.6 Å². The van der Waals surface area contributed by atoms with Gasteiger partial charge in [0.1, 0.15) is 11.9 Å². The predicted octanol–water partition coefficient (Wildman–Crippen LogP) is 4.79. The van der Waals surface area contributed by atoms with Gasteiger partial charge in [-0.25, -0.2) is 4.39 Å². The molecule has 0 fully saturated rings. The Morgan fingerprint density at radius 3 is 2.33 bits per heavy atom. The molecule has 2 aromatic rings. The van der Waals surface area contributed by atoms with E-state index in [-0.39, 0.29) is 28.8 Å². The minimum Gasteiger partial charge on any atom is -0.350 e. The minimum absolute atomic E-state index is 0.153. The molecular formula is C24H30ClFN2O2. The number of carbonyl (C=O) groups excluding carboxylic acids is 2. The zero-order valence-electron chi connectivity index (χ0n) is 18.0. The van der Waals surface area contributed by atoms with E-state index in [0.717, 1.165) is 5.56 Å². The molecule has 6 heteroatoms. The molecule has 0 heterocycles. The molecule has 1 atom stereocenters. The van der Waals surface area contributed by atoms with Crippen molar-refractivity contribution < 1.29 is 14.0 Å². The Hall–Kier alpha value is -2.40. The van der Waals surface area contributed by atoms with Crippen LogP contribution in [0.2, 0.25) is 5.02 Å². The molecular weight excluding hydrogens is 403 g/mol. The Bertz CT molecular complexity index is 845. The van der Waals surface area contributed by atoms with Gasteiger partial charge in [0.2, 0.25) is 11.8 Å². The normalized spacial score (nSPS) is 12.3. The maximum Gasteiger partial charge on any atom is 0.243 e. The van der Waals surface area contributed by atoms with Crippen molar-refractivity contribution in [2.45, 2.75) is 58.5 Å². The van der Waals surface area contributed by atoms with Gasteiger partial charge in [0.25, 0.3) is 0 Å². The van der Waals surface area contributed by atoms with Gasteiger partial charge in [0.15, 0.2) is 0 Å². The summed E-state index contributed by atoms with van der Waals surface area (Å²) in [7, 11) is 0. The minimum atomic E-state index is -0.647. The zero-order valence-corrected chi connectivity index (χ0v) is 18.8. The van der Waals surface area contributed by atoms with Gasteiger partial charge >= 0.3 is 0 Å². The molecule has 162 valence electrons. The van der Waals surface area contributed by atoms with Gasteiger partial charge in [-0.05, 0) is 51.3 Å². The summed E-state index contributed by atoms with van der Waals surface area (Å²) >= 11 is 6.12. The Morgan fingerprint density at radius 2 is 1.77 bits per heavy atom. The number of amides is 2. The molecule has 0 radical (unpaired) electrons. The third-order valence-corrected chi connectivity index (χ3v) is 5.11. The van der Waals surface area contributed by atoms with Crippen LogP contribution in [0.4, 0.5) is 4.39 Å². The third-order valence-electron chi connectivity index (χ3n) is 4.76. The Kier molecular flexibility index (Phi) is 8.42. The fourth-order valence-electron chi connectivity index (χ4n) is 3.30. The number of halogens is 2. The van der Waals surface area contributed by atoms with Crippen LogP contribution < -0.4 is 5.32 Å². The highest BCUT2D eigenvalue weighted by atomic mass is 35.5. The number of hydrogen-bond acceptors (Lipinski definition) is 2. The van der Waals surface area contributed by atoms with E-state index in [1.54, 1.807) is 11.0 Å². The fourth-order valence-corrected chi connectivity index (χ4v) is 3.53. The van der Waals surface area contributed by atoms with Gasteiger partial charge in [0.05, 0.1) is 6.42 Å². The molecule has 0 aliphatic heterocycles. The zero-order chi connectivity index (χ0) is 22.3. The summed E-state index contributed by atoms with van der Waals surface area (Å²) in [5.74, 6) is -1.06. The topological polar surface area (TPSA) is 49.4 Å². The second-order valence-electron chi connectivity index (χ2n) is 8.36. The van der Waals surface area contributed by atoms with Crippen LogP contribution in [-0.2, 0) is 22.4 Å². The van der Waals surface area contributed by atoms with Crippen LogP contribution in [-0.4, -0.2) is 34.8 Å². The molecule has 30 heavy (non-hydrogen) atoms. The maximum absolute atomic E-state index is 14.3. The number of carbonyl (C=O) groups is 2. The number of nitrogens with one attached hydrogen (secondary N) is 1. The molecule has 2 aromatic carbocycles. The van der Waals surface area contributed by atoms with Crippen molar-refractivity contribution in [3.05, 3.63) is 70.5 Å². The van der Waals surface area contributed by atoms with E-state index in [1.807, 2.05) is 58.0 Å². The molecule has 0 saturated heterocycles. The fraction of sp³-hybridized carbons (Fsp3) is 0.417. The first-order valence-electron chi connectivity index (χ1n) is 10.2. The van der Waals surface area contributed by atoms with Crippen LogP contribution in [0.3, 0.4) is 0 Å². The average Bonchev–Trinajstić information content (AvgIpc) is 2.67. The van der Waals surface area contributed by atoms with Crippen LogP contribution in [0.25, 0.3) is 0 Å². The van der Waals surface area contributed by atoms with E-state index in [9.17, 15) is 14.0 Å². The first-order valence-corrected chi connectivity index (χ1v) is 10.6. The highest BCUT2D eigenvalue weighted by Crippen LogP contribution is 2.21. The van der Waals surface area contributed by atoms with Gasteiger partial charge in [-0.1, -0.05) is 54.9 Å². The highest BCUT2D eigenvalue weighted by Gasteiger charge is 2.31. The molecule has 0 saturated carbocycles. The highest BCUT2D eigenvalue weighted by molar-refractivity contribution is 6.31. The lowest BCUT2D eigenvalue weighted by molar-refractivity contribution is -0.140. The predicted molar refractivity (Wildman–Crippen MR) is 119 cm³/mol. The standard InChI is InChI=1S/C24H30ClFN2O2/c1-5-21(23(30)27-24(2,3)4)28(15-14-17-10-7-6-8-11-17)22(29)16-18-19(25)12-9-13-20(18)26/h6-13,21H,5,14-16H2,1-4H3,(H,27,30). The quantitative estimate of drug-likeness (QED) is 0.652. The molecule has 4 nitrogen and oxygen atoms in total. The number of hydrogen-bond donors (Lipinski definition) is 1. The molecule has 0 aromatic heterocycles. The summed E-state index contributed by atoms with van der Waals surface area (Å²) in [5.41, 5.74) is 0.790. The van der Waals surface area contributed by atoms with Crippen LogP contribution in [0.5, 0.6) is 0 Å². The third kappa shape index (κ3) is 6.84. The lowest BCUT2D eigenvalue weighted by Gasteiger charge is -2.33. The van der Waals surface area contributed by atoms with Gasteiger partial charge in [-0.3, -0.25) is 9.59 Å². The van der Waals surface area contributed by atoms with E-state index in [1.165, 1.54) is 12.1 Å². The van der Waals surface area contributed by atoms with E-state index in [4.69, 9.17) is 11.6 Å². The molecule has 1 unspecified atom stereocenters. The molecule has 0 aliphatic carbocycles. The van der Waals surface area contributed by atoms with Crippen LogP contribution in [0.15, 0.2) is 48.5 Å². The summed E-state index contributed by atoms with van der Waals surface area (Å²) in [6.07, 6.45) is 0.851. The Morgan fingerprint density at radius 1 is 1.10 bits per heavy atom. The summed E-state index contributed by atoms with van der Waals surface area (Å²) in [6.45, 7) is 7.91. The molecule has 2 amide bonds. The van der Waals surface area contributed by atoms with Crippen molar-refractivity contribution in [2.24, 2.45) is 0 Å². The van der Waals surface area contributed by atoms with E-state index in [2.05, 4.69) is 5.32 Å². The van der Waals surface area contributed by atoms with Gasteiger partial charge in [-0.2, -0.15) is 0 Å². The van der Waals surface area contributed by atoms with Crippen LogP contribution in [0, 0.1) is 5.82 Å². The van der Waals surface area contributed by atoms with Crippen molar-refractivity contribution in [1.82, 2.24) is 10.2 Å². The van der Waals surface area contributed by atoms with Crippen molar-refractivity contribution in [3.63, 3.8) is 0 Å². The van der Waals surface area contributed by atoms with E-state index >= 15 is 0 Å². The molecule has 0 aliphatic rings. The number of rotatable bonds is 8. The molecule has 1 N–H and O–H groups in total. The number of benzene rings is 2. The average molecular weight is 433 g/mol. The Balaban J connectivity index is 2.28. The largest absolute Gasteiger partial charge is 0.350 e. The van der Waals surface area contributed by atoms with E-state index in [0.29, 0.717) is 19.4 Å². The lowest BCUT2D eigenvalue weighted by atomic mass is 10.0. The summed E-state index contributed by atoms with van der Waals surface area (Å²) in [4.78, 5) is 27.7. The van der Waals surface area contributed by atoms with Gasteiger partial charge in [0, 0.05) is 22.7 Å². The molecule has 0 spiro atoms. The number of nitrogens with zero attached hydrogens (tertiary/aromatic N) is 1. The Labute approximate surface area is 183 Å². The maximum atomic E-state index is 14.3. The van der Waals surface area contributed by atoms with Gasteiger partial charge in [-0.15, -0.1) is 0 Å². The first kappa shape index (κ1) is 23.9. The summed E-state index contributed by atoms with van der Waals surface area (Å²) < 4.78 is 14.3. The molecule has 0 bridgehead atoms. The monoisotopic (exact) mass is 432 g/mol. The smallest absolute Gasteiger partial charge is 0.243 e. The summed E-state index contributed by atoms with van der Waals surface area (Å²) in [5, 5.41) is 3.16. The van der Waals surface area contributed by atoms with Crippen molar-refractivity contribution in [2.75, 3.05) is 6.54 Å². The second-order valence-corrected chi connectivity index (χ2v) is 8.77. The SMILES string of the molecule is CCC(C(=O)NC(C)(C)C)N(CCc1ccccc1)C(=O)Cc1c(F)cccc1Cl. The van der Waals surface area contributed by atoms with Crippen molar-refractivity contribution in [1.29, 1.82) is 0 Å². The molecule has 2 rings (SSSR count). The van der Waals surface area contributed by atoms with E-state index < -0.39 is 17.4 Å². The first-order chi connectivity index (χ1) is 14.1. The van der Waals surface area contributed by atoms with Crippen molar-refractivity contribution >= 4 is 23.4 Å². The lowest BCUT2D eigenvalue weighted by Crippen LogP contribution is -2.54. The summed E-state index contributed by atoms with van der Waals surface area (Å²) in [6, 6.07) is 13.5. The van der Waals surface area contributed by atoms with Gasteiger partial charge < -0.3 is 10.2 Å². The second kappa shape index (κ2) is 10.6. The van der Waals surface area contributed by atoms with Crippen molar-refractivity contribution in [3.8, 4) is 0 Å². The van der Waals surface area contributed by atoms with Crippen LogP contribution in [0.1, 0.15) is 45.2 Å².